The number of carbonyl (C=O) groups excluding carboxylic acids is 2. The lowest BCUT2D eigenvalue weighted by Gasteiger charge is -2.14. The van der Waals surface area contributed by atoms with Crippen LogP contribution >= 0.6 is 11.6 Å². The maximum atomic E-state index is 11.6. The molecule has 0 aliphatic carbocycles. The van der Waals surface area contributed by atoms with Gasteiger partial charge in [0.2, 0.25) is 5.91 Å². The molecule has 6 heteroatoms. The van der Waals surface area contributed by atoms with E-state index in [0.29, 0.717) is 17.3 Å². The first-order valence-electron chi connectivity index (χ1n) is 6.40. The Morgan fingerprint density at radius 2 is 2.10 bits per heavy atom. The molecule has 0 spiro atoms. The predicted molar refractivity (Wildman–Crippen MR) is 78.0 cm³/mol. The SMILES string of the molecule is CCNC(=O)[C@H](C)NC(=O)COc1ccc(Cl)c(C)c1. The average molecular weight is 299 g/mol. The van der Waals surface area contributed by atoms with Crippen LogP contribution in [0.25, 0.3) is 0 Å². The molecule has 110 valence electrons. The van der Waals surface area contributed by atoms with Crippen LogP contribution in [-0.2, 0) is 9.59 Å². The molecule has 0 aromatic heterocycles. The first kappa shape index (κ1) is 16.3. The Bertz CT molecular complexity index is 491. The number of nitrogens with one attached hydrogen (secondary N) is 2. The molecule has 1 rings (SSSR count). The van der Waals surface area contributed by atoms with E-state index in [4.69, 9.17) is 16.3 Å². The van der Waals surface area contributed by atoms with Crippen LogP contribution in [0.5, 0.6) is 5.75 Å². The zero-order valence-corrected chi connectivity index (χ0v) is 12.6. The fourth-order valence-corrected chi connectivity index (χ4v) is 1.65. The highest BCUT2D eigenvalue weighted by atomic mass is 35.5. The Kier molecular flexibility index (Phi) is 6.31. The summed E-state index contributed by atoms with van der Waals surface area (Å²) in [6, 6.07) is 4.57. The normalized spacial score (nSPS) is 11.6. The van der Waals surface area contributed by atoms with Crippen LogP contribution in [0.15, 0.2) is 18.2 Å². The zero-order chi connectivity index (χ0) is 15.1. The fourth-order valence-electron chi connectivity index (χ4n) is 1.53. The Morgan fingerprint density at radius 1 is 1.40 bits per heavy atom. The molecule has 1 aromatic carbocycles. The average Bonchev–Trinajstić information content (AvgIpc) is 2.40. The summed E-state index contributed by atoms with van der Waals surface area (Å²) in [6.45, 7) is 5.67. The first-order chi connectivity index (χ1) is 9.43. The van der Waals surface area contributed by atoms with Crippen LogP contribution in [0.3, 0.4) is 0 Å². The standard InChI is InChI=1S/C14H19ClN2O3/c1-4-16-14(19)10(3)17-13(18)8-20-11-5-6-12(15)9(2)7-11/h5-7,10H,4,8H2,1-3H3,(H,16,19)(H,17,18)/t10-/m0/s1. The smallest absolute Gasteiger partial charge is 0.258 e. The van der Waals surface area contributed by atoms with Crippen molar-refractivity contribution in [1.82, 2.24) is 10.6 Å². The summed E-state index contributed by atoms with van der Waals surface area (Å²) in [5.74, 6) is -0.00717. The van der Waals surface area contributed by atoms with Gasteiger partial charge in [-0.2, -0.15) is 0 Å². The largest absolute Gasteiger partial charge is 0.484 e. The third kappa shape index (κ3) is 5.09. The Balaban J connectivity index is 2.43. The molecule has 5 nitrogen and oxygen atoms in total. The van der Waals surface area contributed by atoms with Gasteiger partial charge in [0.1, 0.15) is 11.8 Å². The highest BCUT2D eigenvalue weighted by Gasteiger charge is 2.14. The van der Waals surface area contributed by atoms with Crippen LogP contribution < -0.4 is 15.4 Å². The van der Waals surface area contributed by atoms with Crippen LogP contribution in [-0.4, -0.2) is 31.0 Å². The number of carbonyl (C=O) groups is 2. The Labute approximate surface area is 123 Å². The summed E-state index contributed by atoms with van der Waals surface area (Å²) in [5, 5.41) is 5.83. The number of amides is 2. The topological polar surface area (TPSA) is 67.4 Å². The summed E-state index contributed by atoms with van der Waals surface area (Å²) in [4.78, 5) is 23.1. The molecule has 0 aliphatic rings. The van der Waals surface area contributed by atoms with Gasteiger partial charge in [-0.05, 0) is 44.5 Å². The van der Waals surface area contributed by atoms with Crippen molar-refractivity contribution >= 4 is 23.4 Å². The van der Waals surface area contributed by atoms with Crippen LogP contribution in [0.1, 0.15) is 19.4 Å². The van der Waals surface area contributed by atoms with Crippen LogP contribution in [0.4, 0.5) is 0 Å². The molecule has 0 bridgehead atoms. The molecule has 1 aromatic rings. The molecule has 0 saturated heterocycles. The lowest BCUT2D eigenvalue weighted by molar-refractivity contribution is -0.129. The van der Waals surface area contributed by atoms with Gasteiger partial charge in [-0.3, -0.25) is 9.59 Å². The molecule has 2 N–H and O–H groups in total. The number of aryl methyl sites for hydroxylation is 1. The van der Waals surface area contributed by atoms with Gasteiger partial charge in [0.05, 0.1) is 0 Å². The third-order valence-corrected chi connectivity index (χ3v) is 3.05. The van der Waals surface area contributed by atoms with Gasteiger partial charge in [0.25, 0.3) is 5.91 Å². The second-order valence-electron chi connectivity index (χ2n) is 4.38. The van der Waals surface area contributed by atoms with E-state index in [1.54, 1.807) is 25.1 Å². The lowest BCUT2D eigenvalue weighted by Crippen LogP contribution is -2.46. The minimum Gasteiger partial charge on any atom is -0.484 e. The van der Waals surface area contributed by atoms with Gasteiger partial charge < -0.3 is 15.4 Å². The number of rotatable bonds is 6. The highest BCUT2D eigenvalue weighted by molar-refractivity contribution is 6.31. The van der Waals surface area contributed by atoms with Gasteiger partial charge in [-0.25, -0.2) is 0 Å². The van der Waals surface area contributed by atoms with E-state index >= 15 is 0 Å². The van der Waals surface area contributed by atoms with Gasteiger partial charge in [0.15, 0.2) is 6.61 Å². The summed E-state index contributed by atoms with van der Waals surface area (Å²) in [5.41, 5.74) is 0.875. The van der Waals surface area contributed by atoms with Crippen molar-refractivity contribution in [2.24, 2.45) is 0 Å². The molecule has 20 heavy (non-hydrogen) atoms. The highest BCUT2D eigenvalue weighted by Crippen LogP contribution is 2.20. The van der Waals surface area contributed by atoms with E-state index in [1.165, 1.54) is 0 Å². The van der Waals surface area contributed by atoms with Crippen LogP contribution in [0.2, 0.25) is 5.02 Å². The Hall–Kier alpha value is -1.75. The van der Waals surface area contributed by atoms with Crippen molar-refractivity contribution in [2.45, 2.75) is 26.8 Å². The van der Waals surface area contributed by atoms with Gasteiger partial charge in [-0.15, -0.1) is 0 Å². The van der Waals surface area contributed by atoms with E-state index in [-0.39, 0.29) is 18.4 Å². The monoisotopic (exact) mass is 298 g/mol. The molecule has 0 aliphatic heterocycles. The number of hydrogen-bond acceptors (Lipinski definition) is 3. The van der Waals surface area contributed by atoms with E-state index in [9.17, 15) is 9.59 Å². The summed E-state index contributed by atoms with van der Waals surface area (Å²) in [6.07, 6.45) is 0. The van der Waals surface area contributed by atoms with Gasteiger partial charge in [0, 0.05) is 11.6 Å². The molecule has 0 fully saturated rings. The van der Waals surface area contributed by atoms with Crippen LogP contribution in [0, 0.1) is 6.92 Å². The Morgan fingerprint density at radius 3 is 2.70 bits per heavy atom. The van der Waals surface area contributed by atoms with E-state index < -0.39 is 6.04 Å². The predicted octanol–water partition coefficient (Wildman–Crippen LogP) is 1.67. The van der Waals surface area contributed by atoms with E-state index in [0.717, 1.165) is 5.56 Å². The minimum atomic E-state index is -0.585. The third-order valence-electron chi connectivity index (χ3n) is 2.62. The van der Waals surface area contributed by atoms with E-state index in [2.05, 4.69) is 10.6 Å². The number of benzene rings is 1. The van der Waals surface area contributed by atoms with Crippen molar-refractivity contribution < 1.29 is 14.3 Å². The fraction of sp³-hybridized carbons (Fsp3) is 0.429. The number of halogens is 1. The molecular formula is C14H19ClN2O3. The molecule has 0 radical (unpaired) electrons. The second kappa shape index (κ2) is 7.75. The number of hydrogen-bond donors (Lipinski definition) is 2. The minimum absolute atomic E-state index is 0.148. The molecule has 0 unspecified atom stereocenters. The summed E-state index contributed by atoms with van der Waals surface area (Å²) in [7, 11) is 0. The summed E-state index contributed by atoms with van der Waals surface area (Å²) < 4.78 is 5.34. The van der Waals surface area contributed by atoms with Gasteiger partial charge >= 0.3 is 0 Å². The molecular weight excluding hydrogens is 280 g/mol. The molecule has 2 amide bonds. The van der Waals surface area contributed by atoms with E-state index in [1.807, 2.05) is 13.8 Å². The van der Waals surface area contributed by atoms with Crippen molar-refractivity contribution in [3.63, 3.8) is 0 Å². The second-order valence-corrected chi connectivity index (χ2v) is 4.79. The lowest BCUT2D eigenvalue weighted by atomic mass is 10.2. The van der Waals surface area contributed by atoms with Crippen molar-refractivity contribution in [2.75, 3.05) is 13.2 Å². The molecule has 1 atom stereocenters. The van der Waals surface area contributed by atoms with Gasteiger partial charge in [-0.1, -0.05) is 11.6 Å². The number of ether oxygens (including phenoxy) is 1. The van der Waals surface area contributed by atoms with Crippen molar-refractivity contribution in [3.8, 4) is 5.75 Å². The maximum Gasteiger partial charge on any atom is 0.258 e. The molecule has 0 heterocycles. The maximum absolute atomic E-state index is 11.6. The van der Waals surface area contributed by atoms with Crippen molar-refractivity contribution in [3.05, 3.63) is 28.8 Å². The number of likely N-dealkylation sites (N-methyl/N-ethyl adjacent to an activating group) is 1. The quantitative estimate of drug-likeness (QED) is 0.839. The summed E-state index contributed by atoms with van der Waals surface area (Å²) >= 11 is 5.90. The zero-order valence-electron chi connectivity index (χ0n) is 11.8. The first-order valence-corrected chi connectivity index (χ1v) is 6.77. The van der Waals surface area contributed by atoms with Crippen molar-refractivity contribution in [1.29, 1.82) is 0 Å². The molecule has 0 saturated carbocycles.